The van der Waals surface area contributed by atoms with Gasteiger partial charge in [-0.2, -0.15) is 0 Å². The average molecular weight is 1200 g/mol. The Hall–Kier alpha value is -8.46. The summed E-state index contributed by atoms with van der Waals surface area (Å²) in [6.07, 6.45) is 29.5. The number of unbranched alkanes of at least 4 members (excludes halogenated alkanes) is 12. The molecule has 0 atom stereocenters. The summed E-state index contributed by atoms with van der Waals surface area (Å²) in [6, 6.07) is 75.3. The lowest BCUT2D eigenvalue weighted by Crippen LogP contribution is -2.25. The first-order chi connectivity index (χ1) is 45.2. The first-order valence-electron chi connectivity index (χ1n) is 35.6. The molecule has 12 aromatic rings. The highest BCUT2D eigenvalue weighted by molar-refractivity contribution is 6.13. The fourth-order valence-electron chi connectivity index (χ4n) is 17.2. The maximum Gasteiger partial charge on any atom is 0.0780 e. The van der Waals surface area contributed by atoms with Crippen LogP contribution in [0.2, 0.25) is 0 Å². The summed E-state index contributed by atoms with van der Waals surface area (Å²) in [5, 5.41) is 7.14. The van der Waals surface area contributed by atoms with E-state index >= 15 is 0 Å². The third kappa shape index (κ3) is 11.2. The molecule has 0 radical (unpaired) electrons. The Morgan fingerprint density at radius 3 is 1.08 bits per heavy atom. The van der Waals surface area contributed by atoms with Gasteiger partial charge in [-0.1, -0.05) is 311 Å². The van der Waals surface area contributed by atoms with Gasteiger partial charge >= 0.3 is 0 Å². The van der Waals surface area contributed by atoms with Crippen LogP contribution in [0.4, 0.5) is 0 Å². The number of fused-ring (bicyclic) bond motifs is 12. The highest BCUT2D eigenvalue weighted by atomic mass is 14.7. The fraction of sp³-hybridized carbons (Fsp3) is 0.311. The molecule has 0 aliphatic heterocycles. The lowest BCUT2D eigenvalue weighted by Gasteiger charge is -2.33. The third-order valence-corrected chi connectivity index (χ3v) is 21.6. The molecule has 2 heterocycles. The predicted molar refractivity (Wildman–Crippen MR) is 396 cm³/mol. The number of hydrogen-bond donors (Lipinski definition) is 0. The second kappa shape index (κ2) is 26.6. The van der Waals surface area contributed by atoms with Crippen molar-refractivity contribution in [3.8, 4) is 77.9 Å². The molecule has 0 unspecified atom stereocenters. The third-order valence-electron chi connectivity index (χ3n) is 21.6. The van der Waals surface area contributed by atoms with Crippen molar-refractivity contribution in [1.29, 1.82) is 0 Å². The molecule has 0 bridgehead atoms. The predicted octanol–water partition coefficient (Wildman–Crippen LogP) is 26.5. The molecule has 2 heteroatoms. The molecule has 2 aromatic heterocycles. The van der Waals surface area contributed by atoms with Gasteiger partial charge in [-0.05, 0) is 164 Å². The minimum absolute atomic E-state index is 0.0317. The van der Waals surface area contributed by atoms with Crippen molar-refractivity contribution < 1.29 is 0 Å². The van der Waals surface area contributed by atoms with E-state index in [2.05, 4.69) is 248 Å². The van der Waals surface area contributed by atoms with Gasteiger partial charge in [0.2, 0.25) is 0 Å². The van der Waals surface area contributed by atoms with E-state index in [1.165, 1.54) is 228 Å². The second-order valence-electron chi connectivity index (χ2n) is 27.6. The van der Waals surface area contributed by atoms with Gasteiger partial charge in [-0.15, -0.1) is 0 Å². The summed E-state index contributed by atoms with van der Waals surface area (Å²) in [4.78, 5) is 10.9. The molecule has 0 N–H and O–H groups in total. The Bertz CT molecular complexity index is 4380. The van der Waals surface area contributed by atoms with Crippen molar-refractivity contribution in [1.82, 2.24) is 9.97 Å². The molecule has 462 valence electrons. The van der Waals surface area contributed by atoms with Gasteiger partial charge < -0.3 is 0 Å². The minimum Gasteiger partial charge on any atom is -0.255 e. The zero-order chi connectivity index (χ0) is 62.8. The molecule has 0 saturated carbocycles. The van der Waals surface area contributed by atoms with Crippen molar-refractivity contribution in [2.45, 2.75) is 181 Å². The van der Waals surface area contributed by atoms with Gasteiger partial charge in [0.25, 0.3) is 0 Å². The minimum atomic E-state index is 0.0317. The lowest BCUT2D eigenvalue weighted by atomic mass is 9.70. The first-order valence-corrected chi connectivity index (χ1v) is 35.6. The van der Waals surface area contributed by atoms with E-state index in [-0.39, 0.29) is 10.8 Å². The molecule has 2 aliphatic rings. The van der Waals surface area contributed by atoms with Crippen molar-refractivity contribution in [3.63, 3.8) is 0 Å². The Morgan fingerprint density at radius 1 is 0.272 bits per heavy atom. The summed E-state index contributed by atoms with van der Waals surface area (Å²) < 4.78 is 0. The maximum absolute atomic E-state index is 5.45. The molecule has 92 heavy (non-hydrogen) atoms. The van der Waals surface area contributed by atoms with E-state index in [1.54, 1.807) is 11.1 Å². The van der Waals surface area contributed by atoms with Gasteiger partial charge in [0.1, 0.15) is 0 Å². The second-order valence-corrected chi connectivity index (χ2v) is 27.6. The largest absolute Gasteiger partial charge is 0.255 e. The summed E-state index contributed by atoms with van der Waals surface area (Å²) in [5.41, 5.74) is 28.6. The quantitative estimate of drug-likeness (QED) is 0.0421. The Balaban J connectivity index is 0.825. The van der Waals surface area contributed by atoms with Crippen molar-refractivity contribution in [3.05, 3.63) is 240 Å². The van der Waals surface area contributed by atoms with E-state index in [0.717, 1.165) is 44.1 Å². The molecular weight excluding hydrogens is 1110 g/mol. The average Bonchev–Trinajstić information content (AvgIpc) is 1.53. The molecule has 10 aromatic carbocycles. The van der Waals surface area contributed by atoms with Crippen LogP contribution in [0.5, 0.6) is 0 Å². The Morgan fingerprint density at radius 2 is 0.652 bits per heavy atom. The highest BCUT2D eigenvalue weighted by Crippen LogP contribution is 2.57. The summed E-state index contributed by atoms with van der Waals surface area (Å²) in [5.74, 6) is 0. The van der Waals surface area contributed by atoms with Crippen LogP contribution in [0.25, 0.3) is 121 Å². The first kappa shape index (κ1) is 61.1. The number of hydrogen-bond acceptors (Lipinski definition) is 2. The number of benzene rings is 10. The normalized spacial score (nSPS) is 13.5. The van der Waals surface area contributed by atoms with Crippen molar-refractivity contribution in [2.24, 2.45) is 0 Å². The Kier molecular flexibility index (Phi) is 17.7. The number of aryl methyl sites for hydroxylation is 2. The smallest absolute Gasteiger partial charge is 0.0780 e. The summed E-state index contributed by atoms with van der Waals surface area (Å²) >= 11 is 0. The molecule has 0 fully saturated rings. The monoisotopic (exact) mass is 1200 g/mol. The van der Waals surface area contributed by atoms with Crippen LogP contribution >= 0.6 is 0 Å². The number of nitrogens with zero attached hydrogens (tertiary/aromatic N) is 2. The fourth-order valence-corrected chi connectivity index (χ4v) is 17.2. The summed E-state index contributed by atoms with van der Waals surface area (Å²) in [7, 11) is 0. The topological polar surface area (TPSA) is 25.8 Å². The van der Waals surface area contributed by atoms with Gasteiger partial charge in [0.15, 0.2) is 0 Å². The Labute approximate surface area is 548 Å². The molecular formula is C90H92N2. The van der Waals surface area contributed by atoms with Gasteiger partial charge in [-0.3, -0.25) is 9.97 Å². The highest BCUT2D eigenvalue weighted by Gasteiger charge is 2.44. The molecule has 0 amide bonds. The molecule has 2 nitrogen and oxygen atoms in total. The van der Waals surface area contributed by atoms with Crippen LogP contribution in [-0.2, 0) is 10.8 Å². The molecule has 0 spiro atoms. The molecule has 14 rings (SSSR count). The van der Waals surface area contributed by atoms with Gasteiger partial charge in [0.05, 0.1) is 11.0 Å². The maximum atomic E-state index is 5.45. The van der Waals surface area contributed by atoms with Gasteiger partial charge in [0, 0.05) is 55.9 Å². The molecule has 0 saturated heterocycles. The lowest BCUT2D eigenvalue weighted by molar-refractivity contribution is 0.401. The van der Waals surface area contributed by atoms with Crippen molar-refractivity contribution in [2.75, 3.05) is 0 Å². The molecule has 2 aliphatic carbocycles. The van der Waals surface area contributed by atoms with Crippen LogP contribution in [0.1, 0.15) is 189 Å². The zero-order valence-corrected chi connectivity index (χ0v) is 55.7. The van der Waals surface area contributed by atoms with Crippen molar-refractivity contribution >= 4 is 43.4 Å². The van der Waals surface area contributed by atoms with E-state index in [1.807, 2.05) is 0 Å². The van der Waals surface area contributed by atoms with Crippen LogP contribution in [-0.4, -0.2) is 9.97 Å². The standard InChI is InChI=1S/C90H92N2/c1-7-11-15-23-48-89(49-24-16-12-8-2)82-38-21-19-30-76(82)78-46-40-63(57-84(78)89)70-32-27-36-80-74(70)44-42-65-55-68(59-91-87(65)80)72-34-29-35-73(86(72)67-53-61(5)52-62(6)54-67)69-56-66-43-45-75-71(33-28-37-81(75)88(66)92-60-69)64-41-47-79-77-31-20-22-39-83(77)90(85(79)58-64,50-25-17-13-9-3)51-26-18-14-10-4/h19-22,27-47,52-60H,7-18,23-26,48-51H2,1-6H3. The van der Waals surface area contributed by atoms with Gasteiger partial charge in [-0.25, -0.2) is 0 Å². The van der Waals surface area contributed by atoms with E-state index in [9.17, 15) is 0 Å². The van der Waals surface area contributed by atoms with Crippen LogP contribution in [0.3, 0.4) is 0 Å². The zero-order valence-electron chi connectivity index (χ0n) is 55.7. The van der Waals surface area contributed by atoms with E-state index in [4.69, 9.17) is 9.97 Å². The number of rotatable bonds is 25. The van der Waals surface area contributed by atoms with E-state index in [0.29, 0.717) is 0 Å². The summed E-state index contributed by atoms with van der Waals surface area (Å²) in [6.45, 7) is 13.8. The van der Waals surface area contributed by atoms with E-state index < -0.39 is 0 Å². The number of aromatic nitrogens is 2. The number of pyridine rings is 2. The van der Waals surface area contributed by atoms with Crippen LogP contribution in [0.15, 0.2) is 207 Å². The van der Waals surface area contributed by atoms with Crippen LogP contribution < -0.4 is 0 Å². The SMILES string of the molecule is CCCCCCC1(CCCCCC)c2ccccc2-c2ccc(-c3cccc4c3ccc3cc(-c5cccc(-c6cnc7c(ccc8c(-c9ccc%10c(c9)C(CCCCCC)(CCCCCC)c9ccccc9-%10)cccc87)c6)c5-c5cc(C)cc(C)c5)cnc34)cc21. The van der Waals surface area contributed by atoms with Crippen LogP contribution in [0, 0.1) is 13.8 Å².